The summed E-state index contributed by atoms with van der Waals surface area (Å²) >= 11 is 0. The summed E-state index contributed by atoms with van der Waals surface area (Å²) in [6.07, 6.45) is 1.87. The molecule has 1 fully saturated rings. The molecule has 0 aromatic rings. The van der Waals surface area contributed by atoms with Gasteiger partial charge in [0.05, 0.1) is 6.61 Å². The van der Waals surface area contributed by atoms with Crippen LogP contribution in [0, 0.1) is 5.41 Å². The van der Waals surface area contributed by atoms with Gasteiger partial charge in [0, 0.05) is 13.7 Å². The molecule has 20 heavy (non-hydrogen) atoms. The van der Waals surface area contributed by atoms with Crippen molar-refractivity contribution in [3.8, 4) is 0 Å². The van der Waals surface area contributed by atoms with Crippen LogP contribution in [0.3, 0.4) is 0 Å². The second kappa shape index (κ2) is 7.09. The van der Waals surface area contributed by atoms with Crippen LogP contribution < -0.4 is 16.4 Å². The van der Waals surface area contributed by atoms with E-state index in [1.807, 2.05) is 0 Å². The van der Waals surface area contributed by atoms with Gasteiger partial charge in [-0.1, -0.05) is 11.6 Å². The van der Waals surface area contributed by atoms with Crippen LogP contribution in [0.1, 0.15) is 26.2 Å². The molecule has 8 nitrogen and oxygen atoms in total. The van der Waals surface area contributed by atoms with E-state index in [0.717, 1.165) is 6.42 Å². The lowest BCUT2D eigenvalue weighted by atomic mass is 9.67. The van der Waals surface area contributed by atoms with Gasteiger partial charge in [-0.3, -0.25) is 9.59 Å². The Bertz CT molecular complexity index is 393. The molecular weight excluding hydrogens is 264 g/mol. The molecule has 1 aliphatic carbocycles. The van der Waals surface area contributed by atoms with Gasteiger partial charge >= 0.3 is 0 Å². The summed E-state index contributed by atoms with van der Waals surface area (Å²) in [7, 11) is 1.54. The molecule has 114 valence electrons. The number of hydrogen-bond donors (Lipinski definition) is 4. The van der Waals surface area contributed by atoms with Gasteiger partial charge in [-0.2, -0.15) is 0 Å². The van der Waals surface area contributed by atoms with Gasteiger partial charge in [-0.05, 0) is 19.8 Å². The van der Waals surface area contributed by atoms with E-state index in [4.69, 9.17) is 15.7 Å². The minimum absolute atomic E-state index is 0.103. The van der Waals surface area contributed by atoms with Gasteiger partial charge in [-0.15, -0.1) is 0 Å². The van der Waals surface area contributed by atoms with Crippen molar-refractivity contribution < 1.29 is 19.5 Å². The lowest BCUT2D eigenvalue weighted by Gasteiger charge is -2.39. The maximum absolute atomic E-state index is 12.2. The van der Waals surface area contributed by atoms with Crippen molar-refractivity contribution in [2.45, 2.75) is 32.2 Å². The Morgan fingerprint density at radius 3 is 2.60 bits per heavy atom. The molecule has 5 N–H and O–H groups in total. The third-order valence-corrected chi connectivity index (χ3v) is 3.59. The lowest BCUT2D eigenvalue weighted by molar-refractivity contribution is -0.135. The van der Waals surface area contributed by atoms with Gasteiger partial charge in [0.2, 0.25) is 11.8 Å². The van der Waals surface area contributed by atoms with Crippen LogP contribution in [0.25, 0.3) is 0 Å². The van der Waals surface area contributed by atoms with E-state index >= 15 is 0 Å². The number of carbonyl (C=O) groups excluding carboxylic acids is 2. The summed E-state index contributed by atoms with van der Waals surface area (Å²) in [6.45, 7) is 2.36. The highest BCUT2D eigenvalue weighted by molar-refractivity contribution is 6.08. The summed E-state index contributed by atoms with van der Waals surface area (Å²) in [5, 5.41) is 16.9. The molecule has 0 saturated heterocycles. The smallest absolute Gasteiger partial charge is 0.242 e. The number of nitrogens with one attached hydrogen (secondary N) is 2. The van der Waals surface area contributed by atoms with E-state index < -0.39 is 11.5 Å². The predicted octanol–water partition coefficient (Wildman–Crippen LogP) is -0.830. The Labute approximate surface area is 117 Å². The number of oxime groups is 1. The third kappa shape index (κ3) is 3.38. The average Bonchev–Trinajstić information content (AvgIpc) is 2.37. The molecule has 0 bridgehead atoms. The molecule has 0 spiro atoms. The minimum atomic E-state index is -0.976. The van der Waals surface area contributed by atoms with E-state index in [1.54, 1.807) is 6.92 Å². The van der Waals surface area contributed by atoms with Crippen molar-refractivity contribution in [1.29, 1.82) is 0 Å². The molecule has 1 saturated carbocycles. The molecule has 8 heteroatoms. The van der Waals surface area contributed by atoms with Crippen molar-refractivity contribution in [3.05, 3.63) is 0 Å². The number of amides is 2. The number of rotatable bonds is 7. The maximum Gasteiger partial charge on any atom is 0.242 e. The Hall–Kier alpha value is -1.83. The topological polar surface area (TPSA) is 126 Å². The number of carbonyl (C=O) groups is 2. The van der Waals surface area contributed by atoms with E-state index in [-0.39, 0.29) is 17.6 Å². The Kier molecular flexibility index (Phi) is 5.75. The fourth-order valence-corrected chi connectivity index (χ4v) is 2.06. The second-order valence-electron chi connectivity index (χ2n) is 4.90. The molecule has 1 rings (SSSR count). The summed E-state index contributed by atoms with van der Waals surface area (Å²) in [4.78, 5) is 23.9. The molecule has 1 unspecified atom stereocenters. The number of hydrogen-bond acceptors (Lipinski definition) is 5. The molecule has 0 aromatic carbocycles. The third-order valence-electron chi connectivity index (χ3n) is 3.59. The molecule has 1 atom stereocenters. The quantitative estimate of drug-likeness (QED) is 0.160. The second-order valence-corrected chi connectivity index (χ2v) is 4.90. The largest absolute Gasteiger partial charge is 0.409 e. The zero-order valence-electron chi connectivity index (χ0n) is 11.8. The molecule has 0 radical (unpaired) electrons. The monoisotopic (exact) mass is 286 g/mol. The zero-order chi connectivity index (χ0) is 15.2. The molecular formula is C12H22N4O4. The number of nitrogens with zero attached hydrogens (tertiary/aromatic N) is 1. The molecule has 0 heterocycles. The van der Waals surface area contributed by atoms with Crippen LogP contribution in [0.15, 0.2) is 5.16 Å². The fourth-order valence-electron chi connectivity index (χ4n) is 2.06. The predicted molar refractivity (Wildman–Crippen MR) is 72.2 cm³/mol. The number of amidine groups is 1. The Morgan fingerprint density at radius 1 is 1.50 bits per heavy atom. The van der Waals surface area contributed by atoms with Crippen LogP contribution in [-0.4, -0.2) is 49.2 Å². The number of ether oxygens (including phenoxy) is 1. The molecule has 0 aliphatic heterocycles. The van der Waals surface area contributed by atoms with E-state index in [1.165, 1.54) is 7.11 Å². The Morgan fingerprint density at radius 2 is 2.15 bits per heavy atom. The molecule has 0 aromatic heterocycles. The van der Waals surface area contributed by atoms with Crippen molar-refractivity contribution in [2.75, 3.05) is 20.3 Å². The summed E-state index contributed by atoms with van der Waals surface area (Å²) in [6, 6.07) is -0.691. The SMILES string of the molecule is COCCNC(=O)C(C)NC(=O)C1(C(N)=NO)CCC1. The number of nitrogens with two attached hydrogens (primary N) is 1. The summed E-state index contributed by atoms with van der Waals surface area (Å²) < 4.78 is 4.82. The normalized spacial score (nSPS) is 18.8. The highest BCUT2D eigenvalue weighted by atomic mass is 16.5. The van der Waals surface area contributed by atoms with Gasteiger partial charge in [-0.25, -0.2) is 0 Å². The van der Waals surface area contributed by atoms with Crippen LogP contribution >= 0.6 is 0 Å². The van der Waals surface area contributed by atoms with Crippen molar-refractivity contribution in [2.24, 2.45) is 16.3 Å². The van der Waals surface area contributed by atoms with Crippen molar-refractivity contribution in [1.82, 2.24) is 10.6 Å². The molecule has 2 amide bonds. The summed E-state index contributed by atoms with van der Waals surface area (Å²) in [5.41, 5.74) is 4.61. The van der Waals surface area contributed by atoms with Crippen LogP contribution in [0.5, 0.6) is 0 Å². The van der Waals surface area contributed by atoms with E-state index in [9.17, 15) is 9.59 Å². The van der Waals surface area contributed by atoms with E-state index in [0.29, 0.717) is 26.0 Å². The van der Waals surface area contributed by atoms with Crippen molar-refractivity contribution in [3.63, 3.8) is 0 Å². The van der Waals surface area contributed by atoms with Gasteiger partial charge in [0.15, 0.2) is 5.84 Å². The first-order valence-corrected chi connectivity index (χ1v) is 6.53. The minimum Gasteiger partial charge on any atom is -0.409 e. The van der Waals surface area contributed by atoms with Crippen LogP contribution in [0.2, 0.25) is 0 Å². The fraction of sp³-hybridized carbons (Fsp3) is 0.750. The van der Waals surface area contributed by atoms with Crippen LogP contribution in [-0.2, 0) is 14.3 Å². The standard InChI is InChI=1S/C12H22N4O4/c1-8(9(17)14-6-7-20-2)15-11(18)12(4-3-5-12)10(13)16-19/h8,19H,3-7H2,1-2H3,(H2,13,16)(H,14,17)(H,15,18). The van der Waals surface area contributed by atoms with Gasteiger partial charge in [0.1, 0.15) is 11.5 Å². The first-order valence-electron chi connectivity index (χ1n) is 6.53. The maximum atomic E-state index is 12.2. The van der Waals surface area contributed by atoms with Gasteiger partial charge < -0.3 is 26.3 Å². The van der Waals surface area contributed by atoms with Crippen LogP contribution in [0.4, 0.5) is 0 Å². The highest BCUT2D eigenvalue weighted by Crippen LogP contribution is 2.41. The summed E-state index contributed by atoms with van der Waals surface area (Å²) in [5.74, 6) is -0.786. The van der Waals surface area contributed by atoms with E-state index in [2.05, 4.69) is 15.8 Å². The van der Waals surface area contributed by atoms with Crippen molar-refractivity contribution >= 4 is 17.6 Å². The Balaban J connectivity index is 2.54. The first kappa shape index (κ1) is 16.2. The number of methoxy groups -OCH3 is 1. The average molecular weight is 286 g/mol. The zero-order valence-corrected chi connectivity index (χ0v) is 11.8. The first-order chi connectivity index (χ1) is 9.47. The van der Waals surface area contributed by atoms with Gasteiger partial charge in [0.25, 0.3) is 0 Å². The highest BCUT2D eigenvalue weighted by Gasteiger charge is 2.48. The lowest BCUT2D eigenvalue weighted by Crippen LogP contribution is -2.57. The molecule has 1 aliphatic rings.